The van der Waals surface area contributed by atoms with E-state index < -0.39 is 11.8 Å². The maximum absolute atomic E-state index is 13.2. The van der Waals surface area contributed by atoms with Gasteiger partial charge in [-0.15, -0.1) is 0 Å². The summed E-state index contributed by atoms with van der Waals surface area (Å²) in [4.78, 5) is 10.2. The Morgan fingerprint density at radius 1 is 1.47 bits per heavy atom. The molecule has 0 unspecified atom stereocenters. The van der Waals surface area contributed by atoms with Crippen molar-refractivity contribution < 1.29 is 19.4 Å². The van der Waals surface area contributed by atoms with Crippen molar-refractivity contribution >= 4 is 17.6 Å². The van der Waals surface area contributed by atoms with Crippen LogP contribution in [0, 0.1) is 5.82 Å². The molecule has 5 heteroatoms. The number of phenols is 1. The van der Waals surface area contributed by atoms with E-state index in [2.05, 4.69) is 0 Å². The first-order valence-corrected chi connectivity index (χ1v) is 4.77. The van der Waals surface area contributed by atoms with Gasteiger partial charge in [0.05, 0.1) is 5.02 Å². The van der Waals surface area contributed by atoms with E-state index in [9.17, 15) is 9.18 Å². The fraction of sp³-hybridized carbons (Fsp3) is 0.300. The van der Waals surface area contributed by atoms with E-state index in [-0.39, 0.29) is 23.6 Å². The van der Waals surface area contributed by atoms with Crippen molar-refractivity contribution in [3.8, 4) is 5.75 Å². The highest BCUT2D eigenvalue weighted by Gasteiger charge is 2.08. The molecule has 2 N–H and O–H groups in total. The van der Waals surface area contributed by atoms with Gasteiger partial charge in [-0.05, 0) is 24.5 Å². The molecule has 0 fully saturated rings. The summed E-state index contributed by atoms with van der Waals surface area (Å²) in [5, 5.41) is 17.5. The average Bonchev–Trinajstić information content (AvgIpc) is 2.13. The van der Waals surface area contributed by atoms with Crippen LogP contribution in [-0.4, -0.2) is 16.2 Å². The number of carboxylic acid groups (broad SMARTS) is 1. The van der Waals surface area contributed by atoms with E-state index in [0.717, 1.165) is 6.07 Å². The predicted octanol–water partition coefficient (Wildman–Crippen LogP) is 2.59. The van der Waals surface area contributed by atoms with Crippen LogP contribution < -0.4 is 0 Å². The number of hydrogen-bond donors (Lipinski definition) is 2. The van der Waals surface area contributed by atoms with Gasteiger partial charge in [0.25, 0.3) is 0 Å². The van der Waals surface area contributed by atoms with E-state index in [1.54, 1.807) is 0 Å². The van der Waals surface area contributed by atoms with Gasteiger partial charge in [-0.2, -0.15) is 0 Å². The van der Waals surface area contributed by atoms with Crippen molar-refractivity contribution in [2.45, 2.75) is 19.3 Å². The molecule has 0 aromatic heterocycles. The number of aliphatic carboxylic acids is 1. The van der Waals surface area contributed by atoms with E-state index in [0.29, 0.717) is 12.0 Å². The molecule has 82 valence electrons. The standard InChI is InChI=1S/C10H10ClFO3/c11-7-4-6(2-1-3-10(14)15)8(12)5-9(7)13/h4-5,13H,1-3H2,(H,14,15). The summed E-state index contributed by atoms with van der Waals surface area (Å²) in [6, 6.07) is 2.24. The van der Waals surface area contributed by atoms with Crippen LogP contribution in [0.3, 0.4) is 0 Å². The van der Waals surface area contributed by atoms with Gasteiger partial charge in [0.1, 0.15) is 11.6 Å². The van der Waals surface area contributed by atoms with Crippen molar-refractivity contribution in [3.63, 3.8) is 0 Å². The molecule has 0 aliphatic rings. The number of carboxylic acids is 1. The summed E-state index contributed by atoms with van der Waals surface area (Å²) < 4.78 is 13.2. The topological polar surface area (TPSA) is 57.5 Å². The predicted molar refractivity (Wildman–Crippen MR) is 53.6 cm³/mol. The molecule has 15 heavy (non-hydrogen) atoms. The van der Waals surface area contributed by atoms with Gasteiger partial charge in [0.15, 0.2) is 0 Å². The van der Waals surface area contributed by atoms with Crippen LogP contribution in [0.1, 0.15) is 18.4 Å². The minimum absolute atomic E-state index is 0.0159. The van der Waals surface area contributed by atoms with Gasteiger partial charge in [-0.1, -0.05) is 11.6 Å². The summed E-state index contributed by atoms with van der Waals surface area (Å²) >= 11 is 5.59. The zero-order valence-electron chi connectivity index (χ0n) is 7.83. The molecule has 0 heterocycles. The molecule has 1 aromatic rings. The SMILES string of the molecule is O=C(O)CCCc1cc(Cl)c(O)cc1F. The number of rotatable bonds is 4. The van der Waals surface area contributed by atoms with Gasteiger partial charge in [0.2, 0.25) is 0 Å². The molecule has 0 aliphatic heterocycles. The maximum atomic E-state index is 13.2. The second-order valence-corrected chi connectivity index (χ2v) is 3.55. The average molecular weight is 233 g/mol. The highest BCUT2D eigenvalue weighted by molar-refractivity contribution is 6.32. The molecular formula is C10H10ClFO3. The Kier molecular flexibility index (Phi) is 3.91. The zero-order chi connectivity index (χ0) is 11.4. The van der Waals surface area contributed by atoms with Crippen LogP contribution in [0.15, 0.2) is 12.1 Å². The first-order valence-electron chi connectivity index (χ1n) is 4.39. The van der Waals surface area contributed by atoms with Crippen molar-refractivity contribution in [3.05, 3.63) is 28.5 Å². The van der Waals surface area contributed by atoms with Crippen LogP contribution >= 0.6 is 11.6 Å². The Bertz CT molecular complexity index is 379. The van der Waals surface area contributed by atoms with Gasteiger partial charge in [0, 0.05) is 12.5 Å². The van der Waals surface area contributed by atoms with Crippen LogP contribution in [0.25, 0.3) is 0 Å². The van der Waals surface area contributed by atoms with Gasteiger partial charge < -0.3 is 10.2 Å². The Morgan fingerprint density at radius 2 is 2.13 bits per heavy atom. The smallest absolute Gasteiger partial charge is 0.303 e. The minimum Gasteiger partial charge on any atom is -0.506 e. The molecular weight excluding hydrogens is 223 g/mol. The lowest BCUT2D eigenvalue weighted by Gasteiger charge is -2.04. The van der Waals surface area contributed by atoms with Crippen LogP contribution in [0.5, 0.6) is 5.75 Å². The summed E-state index contributed by atoms with van der Waals surface area (Å²) in [5.74, 6) is -1.79. The zero-order valence-corrected chi connectivity index (χ0v) is 8.59. The highest BCUT2D eigenvalue weighted by Crippen LogP contribution is 2.26. The number of carbonyl (C=O) groups is 1. The van der Waals surface area contributed by atoms with E-state index in [4.69, 9.17) is 21.8 Å². The molecule has 0 amide bonds. The number of hydrogen-bond acceptors (Lipinski definition) is 2. The lowest BCUT2D eigenvalue weighted by molar-refractivity contribution is -0.137. The van der Waals surface area contributed by atoms with Crippen molar-refractivity contribution in [1.29, 1.82) is 0 Å². The van der Waals surface area contributed by atoms with Crippen LogP contribution in [-0.2, 0) is 11.2 Å². The molecule has 0 atom stereocenters. The Labute approximate surface area is 91.1 Å². The third kappa shape index (κ3) is 3.40. The summed E-state index contributed by atoms with van der Waals surface area (Å²) in [5.41, 5.74) is 0.319. The Morgan fingerprint density at radius 3 is 2.73 bits per heavy atom. The summed E-state index contributed by atoms with van der Waals surface area (Å²) in [7, 11) is 0. The van der Waals surface area contributed by atoms with E-state index in [1.807, 2.05) is 0 Å². The van der Waals surface area contributed by atoms with Crippen molar-refractivity contribution in [1.82, 2.24) is 0 Å². The first kappa shape index (κ1) is 11.8. The van der Waals surface area contributed by atoms with Crippen molar-refractivity contribution in [2.75, 3.05) is 0 Å². The van der Waals surface area contributed by atoms with Gasteiger partial charge in [-0.3, -0.25) is 4.79 Å². The maximum Gasteiger partial charge on any atom is 0.303 e. The summed E-state index contributed by atoms with van der Waals surface area (Å²) in [6.07, 6.45) is 0.615. The fourth-order valence-corrected chi connectivity index (χ4v) is 1.39. The Balaban J connectivity index is 2.69. The number of aryl methyl sites for hydroxylation is 1. The minimum atomic E-state index is -0.916. The first-order chi connectivity index (χ1) is 7.00. The summed E-state index contributed by atoms with van der Waals surface area (Å²) in [6.45, 7) is 0. The second-order valence-electron chi connectivity index (χ2n) is 3.14. The quantitative estimate of drug-likeness (QED) is 0.839. The molecule has 0 saturated carbocycles. The molecule has 0 radical (unpaired) electrons. The number of aromatic hydroxyl groups is 1. The second kappa shape index (κ2) is 4.98. The molecule has 1 rings (SSSR count). The molecule has 3 nitrogen and oxygen atoms in total. The number of phenolic OH excluding ortho intramolecular Hbond substituents is 1. The normalized spacial score (nSPS) is 10.3. The third-order valence-electron chi connectivity index (χ3n) is 1.95. The van der Waals surface area contributed by atoms with Gasteiger partial charge in [-0.25, -0.2) is 4.39 Å². The van der Waals surface area contributed by atoms with Crippen molar-refractivity contribution in [2.24, 2.45) is 0 Å². The molecule has 0 saturated heterocycles. The molecule has 0 aliphatic carbocycles. The molecule has 0 bridgehead atoms. The monoisotopic (exact) mass is 232 g/mol. The number of halogens is 2. The number of benzene rings is 1. The lowest BCUT2D eigenvalue weighted by atomic mass is 10.1. The molecule has 0 spiro atoms. The lowest BCUT2D eigenvalue weighted by Crippen LogP contribution is -1.97. The van der Waals surface area contributed by atoms with E-state index >= 15 is 0 Å². The third-order valence-corrected chi connectivity index (χ3v) is 2.26. The van der Waals surface area contributed by atoms with Crippen LogP contribution in [0.4, 0.5) is 4.39 Å². The fourth-order valence-electron chi connectivity index (χ4n) is 1.20. The van der Waals surface area contributed by atoms with Crippen LogP contribution in [0.2, 0.25) is 5.02 Å². The Hall–Kier alpha value is -1.29. The van der Waals surface area contributed by atoms with Gasteiger partial charge >= 0.3 is 5.97 Å². The largest absolute Gasteiger partial charge is 0.506 e. The molecule has 1 aromatic carbocycles. The van der Waals surface area contributed by atoms with E-state index in [1.165, 1.54) is 6.07 Å². The highest BCUT2D eigenvalue weighted by atomic mass is 35.5.